The molecule has 0 N–H and O–H groups in total. The third-order valence-corrected chi connectivity index (χ3v) is 4.53. The van der Waals surface area contributed by atoms with Crippen molar-refractivity contribution in [2.24, 2.45) is 0 Å². The number of alkyl halides is 1. The summed E-state index contributed by atoms with van der Waals surface area (Å²) in [5.74, 6) is 0. The Bertz CT molecular complexity index is 779. The van der Waals surface area contributed by atoms with Gasteiger partial charge in [0.15, 0.2) is 0 Å². The maximum absolute atomic E-state index is 6.79. The van der Waals surface area contributed by atoms with E-state index >= 15 is 0 Å². The molecule has 1 unspecified atom stereocenters. The van der Waals surface area contributed by atoms with Gasteiger partial charge in [0.25, 0.3) is 0 Å². The van der Waals surface area contributed by atoms with Crippen LogP contribution in [0.4, 0.5) is 0 Å². The molecule has 3 rings (SSSR count). The van der Waals surface area contributed by atoms with E-state index in [1.54, 1.807) is 0 Å². The second-order valence-electron chi connectivity index (χ2n) is 5.78. The van der Waals surface area contributed by atoms with Crippen molar-refractivity contribution in [2.45, 2.75) is 26.1 Å². The zero-order chi connectivity index (χ0) is 15.0. The van der Waals surface area contributed by atoms with E-state index in [4.69, 9.17) is 11.6 Å². The Balaban J connectivity index is 2.10. The SMILES string of the molecule is Cc1cc(C)c(C(Cl)c2ccc3ccccc3c2)c(C)c1. The minimum Gasteiger partial charge on any atom is -0.113 e. The zero-order valence-electron chi connectivity index (χ0n) is 12.7. The second kappa shape index (κ2) is 5.54. The van der Waals surface area contributed by atoms with Crippen molar-refractivity contribution in [2.75, 3.05) is 0 Å². The molecule has 106 valence electrons. The Morgan fingerprint density at radius 3 is 2.05 bits per heavy atom. The highest BCUT2D eigenvalue weighted by Gasteiger charge is 2.16. The van der Waals surface area contributed by atoms with Gasteiger partial charge in [0.1, 0.15) is 0 Å². The lowest BCUT2D eigenvalue weighted by atomic mass is 9.93. The van der Waals surface area contributed by atoms with Gasteiger partial charge in [-0.3, -0.25) is 0 Å². The fourth-order valence-electron chi connectivity index (χ4n) is 3.12. The maximum atomic E-state index is 6.79. The first-order chi connectivity index (χ1) is 10.1. The predicted octanol–water partition coefficient (Wildman–Crippen LogP) is 6.09. The fourth-order valence-corrected chi connectivity index (χ4v) is 3.60. The third kappa shape index (κ3) is 2.69. The molecule has 0 aliphatic rings. The van der Waals surface area contributed by atoms with Gasteiger partial charge in [-0.1, -0.05) is 54.1 Å². The zero-order valence-corrected chi connectivity index (χ0v) is 13.4. The molecule has 0 nitrogen and oxygen atoms in total. The van der Waals surface area contributed by atoms with E-state index in [2.05, 4.69) is 75.4 Å². The predicted molar refractivity (Wildman–Crippen MR) is 92.3 cm³/mol. The quantitative estimate of drug-likeness (QED) is 0.501. The lowest BCUT2D eigenvalue weighted by molar-refractivity contribution is 1.08. The third-order valence-electron chi connectivity index (χ3n) is 4.06. The molecule has 0 bridgehead atoms. The summed E-state index contributed by atoms with van der Waals surface area (Å²) in [6, 6.07) is 19.3. The Kier molecular flexibility index (Phi) is 3.73. The van der Waals surface area contributed by atoms with Crippen molar-refractivity contribution < 1.29 is 0 Å². The largest absolute Gasteiger partial charge is 0.113 e. The highest BCUT2D eigenvalue weighted by molar-refractivity contribution is 6.23. The number of rotatable bonds is 2. The topological polar surface area (TPSA) is 0 Å². The van der Waals surface area contributed by atoms with Crippen LogP contribution in [0, 0.1) is 20.8 Å². The molecule has 3 aromatic rings. The van der Waals surface area contributed by atoms with Crippen LogP contribution in [0.25, 0.3) is 10.8 Å². The summed E-state index contributed by atoms with van der Waals surface area (Å²) >= 11 is 6.79. The van der Waals surface area contributed by atoms with E-state index in [0.29, 0.717) is 0 Å². The van der Waals surface area contributed by atoms with Gasteiger partial charge in [-0.25, -0.2) is 0 Å². The van der Waals surface area contributed by atoms with E-state index < -0.39 is 0 Å². The first-order valence-corrected chi connectivity index (χ1v) is 7.70. The number of halogens is 1. The molecule has 21 heavy (non-hydrogen) atoms. The molecule has 0 saturated carbocycles. The first-order valence-electron chi connectivity index (χ1n) is 7.27. The Morgan fingerprint density at radius 1 is 0.762 bits per heavy atom. The van der Waals surface area contributed by atoms with Crippen molar-refractivity contribution in [3.05, 3.63) is 82.4 Å². The van der Waals surface area contributed by atoms with Crippen LogP contribution in [0.5, 0.6) is 0 Å². The highest BCUT2D eigenvalue weighted by atomic mass is 35.5. The van der Waals surface area contributed by atoms with E-state index in [-0.39, 0.29) is 5.38 Å². The first kappa shape index (κ1) is 14.2. The average molecular weight is 295 g/mol. The minimum atomic E-state index is -0.102. The van der Waals surface area contributed by atoms with Crippen LogP contribution >= 0.6 is 11.6 Å². The fraction of sp³-hybridized carbons (Fsp3) is 0.200. The Hall–Kier alpha value is -1.79. The number of hydrogen-bond donors (Lipinski definition) is 0. The van der Waals surface area contributed by atoms with Gasteiger partial charge in [-0.2, -0.15) is 0 Å². The molecule has 0 aliphatic carbocycles. The van der Waals surface area contributed by atoms with Crippen LogP contribution < -0.4 is 0 Å². The van der Waals surface area contributed by atoms with Gasteiger partial charge >= 0.3 is 0 Å². The van der Waals surface area contributed by atoms with E-state index in [0.717, 1.165) is 5.56 Å². The van der Waals surface area contributed by atoms with Crippen LogP contribution in [0.1, 0.15) is 33.2 Å². The van der Waals surface area contributed by atoms with Gasteiger partial charge in [-0.05, 0) is 59.9 Å². The molecule has 0 aliphatic heterocycles. The average Bonchev–Trinajstić information content (AvgIpc) is 2.45. The summed E-state index contributed by atoms with van der Waals surface area (Å²) in [7, 11) is 0. The summed E-state index contributed by atoms with van der Waals surface area (Å²) in [6.07, 6.45) is 0. The summed E-state index contributed by atoms with van der Waals surface area (Å²) in [4.78, 5) is 0. The summed E-state index contributed by atoms with van der Waals surface area (Å²) < 4.78 is 0. The standard InChI is InChI=1S/C20H19Cl/c1-13-10-14(2)19(15(3)11-13)20(21)18-9-8-16-6-4-5-7-17(16)12-18/h4-12,20H,1-3H3. The molecule has 0 saturated heterocycles. The lowest BCUT2D eigenvalue weighted by Gasteiger charge is -2.17. The number of hydrogen-bond acceptors (Lipinski definition) is 0. The number of fused-ring (bicyclic) bond motifs is 1. The van der Waals surface area contributed by atoms with E-state index in [1.807, 2.05) is 0 Å². The molecule has 3 aromatic carbocycles. The van der Waals surface area contributed by atoms with Crippen LogP contribution in [0.3, 0.4) is 0 Å². The van der Waals surface area contributed by atoms with Crippen molar-refractivity contribution in [3.8, 4) is 0 Å². The summed E-state index contributed by atoms with van der Waals surface area (Å²) in [6.45, 7) is 6.42. The van der Waals surface area contributed by atoms with E-state index in [1.165, 1.54) is 33.0 Å². The Morgan fingerprint density at radius 2 is 1.38 bits per heavy atom. The minimum absolute atomic E-state index is 0.102. The van der Waals surface area contributed by atoms with Gasteiger partial charge in [-0.15, -0.1) is 11.6 Å². The van der Waals surface area contributed by atoms with Gasteiger partial charge in [0.2, 0.25) is 0 Å². The van der Waals surface area contributed by atoms with Crippen LogP contribution in [0.2, 0.25) is 0 Å². The van der Waals surface area contributed by atoms with Gasteiger partial charge in [0, 0.05) is 0 Å². The molecule has 1 heteroatoms. The Labute approximate surface area is 131 Å². The van der Waals surface area contributed by atoms with Crippen molar-refractivity contribution in [1.29, 1.82) is 0 Å². The smallest absolute Gasteiger partial charge is 0.0840 e. The normalized spacial score (nSPS) is 12.6. The number of benzene rings is 3. The van der Waals surface area contributed by atoms with Crippen LogP contribution in [0.15, 0.2) is 54.6 Å². The second-order valence-corrected chi connectivity index (χ2v) is 6.22. The molecule has 0 aromatic heterocycles. The molecule has 0 spiro atoms. The number of aryl methyl sites for hydroxylation is 3. The van der Waals surface area contributed by atoms with Crippen molar-refractivity contribution in [1.82, 2.24) is 0 Å². The van der Waals surface area contributed by atoms with Crippen molar-refractivity contribution >= 4 is 22.4 Å². The lowest BCUT2D eigenvalue weighted by Crippen LogP contribution is -2.00. The molecular weight excluding hydrogens is 276 g/mol. The molecule has 0 amide bonds. The van der Waals surface area contributed by atoms with E-state index in [9.17, 15) is 0 Å². The monoisotopic (exact) mass is 294 g/mol. The molecular formula is C20H19Cl. The van der Waals surface area contributed by atoms with Gasteiger partial charge in [0.05, 0.1) is 5.38 Å². The molecule has 0 fully saturated rings. The highest BCUT2D eigenvalue weighted by Crippen LogP contribution is 2.35. The summed E-state index contributed by atoms with van der Waals surface area (Å²) in [5.41, 5.74) is 6.21. The summed E-state index contributed by atoms with van der Waals surface area (Å²) in [5, 5.41) is 2.39. The van der Waals surface area contributed by atoms with Crippen molar-refractivity contribution in [3.63, 3.8) is 0 Å². The maximum Gasteiger partial charge on any atom is 0.0840 e. The van der Waals surface area contributed by atoms with Gasteiger partial charge < -0.3 is 0 Å². The van der Waals surface area contributed by atoms with Crippen LogP contribution in [-0.2, 0) is 0 Å². The molecule has 0 radical (unpaired) electrons. The molecule has 1 atom stereocenters. The van der Waals surface area contributed by atoms with Crippen LogP contribution in [-0.4, -0.2) is 0 Å². The molecule has 0 heterocycles.